The van der Waals surface area contributed by atoms with Crippen LogP contribution in [-0.4, -0.2) is 16.0 Å². The first-order valence-electron chi connectivity index (χ1n) is 5.24. The van der Waals surface area contributed by atoms with Crippen molar-refractivity contribution >= 4 is 17.9 Å². The van der Waals surface area contributed by atoms with Gasteiger partial charge in [0.1, 0.15) is 0 Å². The molecule has 0 bridgehead atoms. The van der Waals surface area contributed by atoms with Crippen molar-refractivity contribution in [3.8, 4) is 0 Å². The minimum absolute atomic E-state index is 0.350. The molecule has 1 atom stereocenters. The van der Waals surface area contributed by atoms with Crippen LogP contribution in [0.25, 0.3) is 0 Å². The molecule has 1 unspecified atom stereocenters. The van der Waals surface area contributed by atoms with E-state index < -0.39 is 6.10 Å². The number of carbonyl (C=O) groups excluding carboxylic acids is 1. The summed E-state index contributed by atoms with van der Waals surface area (Å²) in [5, 5.41) is 10.7. The Morgan fingerprint density at radius 3 is 2.65 bits per heavy atom. The predicted octanol–water partition coefficient (Wildman–Crippen LogP) is 2.69. The van der Waals surface area contributed by atoms with Crippen LogP contribution in [-0.2, 0) is 6.54 Å². The lowest BCUT2D eigenvalue weighted by Crippen LogP contribution is -2.10. The summed E-state index contributed by atoms with van der Waals surface area (Å²) in [6.45, 7) is 0.350. The molecule has 0 saturated carbocycles. The Morgan fingerprint density at radius 2 is 2.00 bits per heavy atom. The summed E-state index contributed by atoms with van der Waals surface area (Å²) in [7, 11) is 0. The first kappa shape index (κ1) is 11.9. The quantitative estimate of drug-likeness (QED) is 0.847. The Bertz CT molecular complexity index is 504. The number of nitrogens with zero attached hydrogens (tertiary/aromatic N) is 1. The molecule has 1 aromatic carbocycles. The van der Waals surface area contributed by atoms with E-state index in [2.05, 4.69) is 0 Å². The van der Waals surface area contributed by atoms with Crippen molar-refractivity contribution in [1.82, 2.24) is 4.57 Å². The lowest BCUT2D eigenvalue weighted by molar-refractivity contribution is 0.110. The first-order chi connectivity index (χ1) is 8.20. The molecule has 88 valence electrons. The van der Waals surface area contributed by atoms with Crippen LogP contribution in [0.3, 0.4) is 0 Å². The number of halogens is 1. The maximum atomic E-state index is 10.7. The summed E-state index contributed by atoms with van der Waals surface area (Å²) in [6, 6.07) is 10.5. The number of aldehydes is 1. The van der Waals surface area contributed by atoms with E-state index in [1.807, 2.05) is 0 Å². The molecule has 0 radical (unpaired) electrons. The Hall–Kier alpha value is -1.58. The molecule has 0 aliphatic rings. The molecule has 17 heavy (non-hydrogen) atoms. The average molecular weight is 250 g/mol. The van der Waals surface area contributed by atoms with Gasteiger partial charge in [-0.25, -0.2) is 0 Å². The van der Waals surface area contributed by atoms with Crippen molar-refractivity contribution in [3.63, 3.8) is 0 Å². The fourth-order valence-electron chi connectivity index (χ4n) is 1.68. The topological polar surface area (TPSA) is 42.2 Å². The molecule has 1 aromatic heterocycles. The number of benzene rings is 1. The number of aromatic nitrogens is 1. The Labute approximate surface area is 104 Å². The van der Waals surface area contributed by atoms with Crippen molar-refractivity contribution in [3.05, 3.63) is 58.9 Å². The molecular formula is C13H12ClNO2. The van der Waals surface area contributed by atoms with E-state index >= 15 is 0 Å². The third kappa shape index (κ3) is 2.75. The van der Waals surface area contributed by atoms with Gasteiger partial charge in [-0.05, 0) is 29.8 Å². The van der Waals surface area contributed by atoms with Gasteiger partial charge in [-0.1, -0.05) is 23.7 Å². The second-order valence-electron chi connectivity index (χ2n) is 3.77. The zero-order valence-corrected chi connectivity index (χ0v) is 9.84. The molecular weight excluding hydrogens is 238 g/mol. The van der Waals surface area contributed by atoms with Gasteiger partial charge in [0.15, 0.2) is 6.29 Å². The number of aliphatic hydroxyl groups is 1. The standard InChI is InChI=1S/C13H12ClNO2/c14-11-5-3-10(4-6-11)13(17)8-15-7-1-2-12(15)9-16/h1-7,9,13,17H,8H2. The van der Waals surface area contributed by atoms with Crippen molar-refractivity contribution in [1.29, 1.82) is 0 Å². The van der Waals surface area contributed by atoms with Crippen LogP contribution in [0.1, 0.15) is 22.2 Å². The number of hydrogen-bond acceptors (Lipinski definition) is 2. The third-order valence-electron chi connectivity index (χ3n) is 2.61. The summed E-state index contributed by atoms with van der Waals surface area (Å²) < 4.78 is 1.71. The van der Waals surface area contributed by atoms with Crippen LogP contribution in [0.5, 0.6) is 0 Å². The zero-order valence-electron chi connectivity index (χ0n) is 9.08. The smallest absolute Gasteiger partial charge is 0.166 e. The molecule has 0 saturated heterocycles. The SMILES string of the molecule is O=Cc1cccn1CC(O)c1ccc(Cl)cc1. The van der Waals surface area contributed by atoms with Gasteiger partial charge in [-0.2, -0.15) is 0 Å². The highest BCUT2D eigenvalue weighted by Crippen LogP contribution is 2.18. The molecule has 0 fully saturated rings. The van der Waals surface area contributed by atoms with Crippen molar-refractivity contribution in [2.24, 2.45) is 0 Å². The normalized spacial score (nSPS) is 12.4. The van der Waals surface area contributed by atoms with Gasteiger partial charge < -0.3 is 9.67 Å². The summed E-state index contributed by atoms with van der Waals surface area (Å²) in [5.41, 5.74) is 1.33. The molecule has 0 spiro atoms. The van der Waals surface area contributed by atoms with Gasteiger partial charge in [0.05, 0.1) is 18.3 Å². The Balaban J connectivity index is 2.14. The third-order valence-corrected chi connectivity index (χ3v) is 2.86. The number of hydrogen-bond donors (Lipinski definition) is 1. The van der Waals surface area contributed by atoms with Crippen LogP contribution in [0.2, 0.25) is 5.02 Å². The van der Waals surface area contributed by atoms with Gasteiger partial charge in [0.2, 0.25) is 0 Å². The van der Waals surface area contributed by atoms with Crippen molar-refractivity contribution < 1.29 is 9.90 Å². The molecule has 0 aliphatic heterocycles. The molecule has 1 heterocycles. The lowest BCUT2D eigenvalue weighted by Gasteiger charge is -2.13. The fraction of sp³-hybridized carbons (Fsp3) is 0.154. The van der Waals surface area contributed by atoms with Gasteiger partial charge in [-0.3, -0.25) is 4.79 Å². The maximum Gasteiger partial charge on any atom is 0.166 e. The van der Waals surface area contributed by atoms with Crippen LogP contribution in [0.15, 0.2) is 42.6 Å². The first-order valence-corrected chi connectivity index (χ1v) is 5.62. The Morgan fingerprint density at radius 1 is 1.29 bits per heavy atom. The van der Waals surface area contributed by atoms with E-state index in [4.69, 9.17) is 11.6 Å². The van der Waals surface area contributed by atoms with Crippen molar-refractivity contribution in [2.75, 3.05) is 0 Å². The molecule has 2 rings (SSSR count). The average Bonchev–Trinajstić information content (AvgIpc) is 2.77. The Kier molecular flexibility index (Phi) is 3.61. The van der Waals surface area contributed by atoms with E-state index in [0.29, 0.717) is 17.3 Å². The zero-order chi connectivity index (χ0) is 12.3. The second kappa shape index (κ2) is 5.17. The summed E-state index contributed by atoms with van der Waals surface area (Å²) in [5.74, 6) is 0. The van der Waals surface area contributed by atoms with Crippen LogP contribution >= 0.6 is 11.6 Å². The lowest BCUT2D eigenvalue weighted by atomic mass is 10.1. The molecule has 4 heteroatoms. The van der Waals surface area contributed by atoms with Gasteiger partial charge >= 0.3 is 0 Å². The van der Waals surface area contributed by atoms with Crippen LogP contribution < -0.4 is 0 Å². The highest BCUT2D eigenvalue weighted by Gasteiger charge is 2.09. The monoisotopic (exact) mass is 249 g/mol. The molecule has 0 amide bonds. The maximum absolute atomic E-state index is 10.7. The number of carbonyl (C=O) groups is 1. The minimum atomic E-state index is -0.654. The van der Waals surface area contributed by atoms with E-state index in [1.165, 1.54) is 0 Å². The highest BCUT2D eigenvalue weighted by atomic mass is 35.5. The van der Waals surface area contributed by atoms with Crippen molar-refractivity contribution in [2.45, 2.75) is 12.6 Å². The molecule has 3 nitrogen and oxygen atoms in total. The predicted molar refractivity (Wildman–Crippen MR) is 66.2 cm³/mol. The minimum Gasteiger partial charge on any atom is -0.387 e. The van der Waals surface area contributed by atoms with E-state index in [9.17, 15) is 9.90 Å². The van der Waals surface area contributed by atoms with E-state index in [1.54, 1.807) is 47.2 Å². The summed E-state index contributed by atoms with van der Waals surface area (Å²) in [4.78, 5) is 10.7. The number of aliphatic hydroxyl groups excluding tert-OH is 1. The second-order valence-corrected chi connectivity index (χ2v) is 4.21. The molecule has 0 aliphatic carbocycles. The largest absolute Gasteiger partial charge is 0.387 e. The van der Waals surface area contributed by atoms with Gasteiger partial charge in [0.25, 0.3) is 0 Å². The highest BCUT2D eigenvalue weighted by molar-refractivity contribution is 6.30. The van der Waals surface area contributed by atoms with E-state index in [-0.39, 0.29) is 0 Å². The van der Waals surface area contributed by atoms with E-state index in [0.717, 1.165) is 11.8 Å². The number of rotatable bonds is 4. The molecule has 2 aromatic rings. The van der Waals surface area contributed by atoms with Crippen LogP contribution in [0.4, 0.5) is 0 Å². The van der Waals surface area contributed by atoms with Crippen LogP contribution in [0, 0.1) is 0 Å². The fourth-order valence-corrected chi connectivity index (χ4v) is 1.80. The van der Waals surface area contributed by atoms with Gasteiger partial charge in [0, 0.05) is 11.2 Å². The van der Waals surface area contributed by atoms with Gasteiger partial charge in [-0.15, -0.1) is 0 Å². The summed E-state index contributed by atoms with van der Waals surface area (Å²) >= 11 is 5.77. The summed E-state index contributed by atoms with van der Waals surface area (Å²) in [6.07, 6.45) is 1.88. The molecule has 1 N–H and O–H groups in total.